The first kappa shape index (κ1) is 17.0. The Labute approximate surface area is 124 Å². The van der Waals surface area contributed by atoms with Gasteiger partial charge in [-0.25, -0.2) is 0 Å². The molecule has 1 rings (SSSR count). The average Bonchev–Trinajstić information content (AvgIpc) is 2.49. The van der Waals surface area contributed by atoms with Crippen LogP contribution >= 0.6 is 0 Å². The Balaban J connectivity index is 2.48. The van der Waals surface area contributed by atoms with Gasteiger partial charge in [-0.05, 0) is 32.5 Å². The van der Waals surface area contributed by atoms with E-state index < -0.39 is 0 Å². The van der Waals surface area contributed by atoms with Crippen molar-refractivity contribution in [2.24, 2.45) is 0 Å². The lowest BCUT2D eigenvalue weighted by molar-refractivity contribution is 0.171. The van der Waals surface area contributed by atoms with Crippen molar-refractivity contribution >= 4 is 0 Å². The number of nitrogens with zero attached hydrogens (tertiary/aromatic N) is 1. The Hall–Kier alpha value is -1.06. The topological polar surface area (TPSA) is 24.5 Å². The number of benzene rings is 1. The van der Waals surface area contributed by atoms with E-state index in [1.807, 2.05) is 6.07 Å². The summed E-state index contributed by atoms with van der Waals surface area (Å²) in [5, 5.41) is 3.35. The monoisotopic (exact) mass is 278 g/mol. The van der Waals surface area contributed by atoms with Gasteiger partial charge in [0.15, 0.2) is 0 Å². The third-order valence-corrected chi connectivity index (χ3v) is 3.79. The zero-order valence-electron chi connectivity index (χ0n) is 13.5. The molecule has 0 heterocycles. The molecule has 1 aromatic carbocycles. The molecule has 0 saturated carbocycles. The maximum absolute atomic E-state index is 5.98. The third-order valence-electron chi connectivity index (χ3n) is 3.79. The summed E-state index contributed by atoms with van der Waals surface area (Å²) >= 11 is 0. The van der Waals surface area contributed by atoms with Crippen LogP contribution in [0, 0.1) is 0 Å². The molecule has 0 radical (unpaired) electrons. The molecule has 1 N–H and O–H groups in total. The Kier molecular flexibility index (Phi) is 8.31. The second-order valence-electron chi connectivity index (χ2n) is 5.12. The lowest BCUT2D eigenvalue weighted by Gasteiger charge is -2.26. The van der Waals surface area contributed by atoms with Crippen LogP contribution in [0.25, 0.3) is 0 Å². The molecule has 0 aromatic heterocycles. The lowest BCUT2D eigenvalue weighted by atomic mass is 10.2. The lowest BCUT2D eigenvalue weighted by Crippen LogP contribution is -2.35. The number of nitrogens with one attached hydrogen (secondary N) is 1. The van der Waals surface area contributed by atoms with E-state index in [2.05, 4.69) is 56.1 Å². The molecule has 0 aliphatic carbocycles. The first-order valence-corrected chi connectivity index (χ1v) is 7.88. The van der Waals surface area contributed by atoms with Gasteiger partial charge >= 0.3 is 0 Å². The highest BCUT2D eigenvalue weighted by atomic mass is 16.5. The van der Waals surface area contributed by atoms with E-state index in [4.69, 9.17) is 4.74 Å². The molecule has 0 saturated heterocycles. The minimum Gasteiger partial charge on any atom is -0.492 e. The largest absolute Gasteiger partial charge is 0.492 e. The number of ether oxygens (including phenoxy) is 1. The first-order chi connectivity index (χ1) is 9.72. The van der Waals surface area contributed by atoms with Crippen LogP contribution in [0.5, 0.6) is 5.75 Å². The summed E-state index contributed by atoms with van der Waals surface area (Å²) in [7, 11) is 0. The molecule has 20 heavy (non-hydrogen) atoms. The number of rotatable bonds is 10. The minimum absolute atomic E-state index is 0.626. The zero-order chi connectivity index (χ0) is 14.8. The summed E-state index contributed by atoms with van der Waals surface area (Å²) in [4.78, 5) is 2.47. The van der Waals surface area contributed by atoms with E-state index in [0.717, 1.165) is 38.5 Å². The van der Waals surface area contributed by atoms with Crippen LogP contribution in [0.3, 0.4) is 0 Å². The van der Waals surface area contributed by atoms with Gasteiger partial charge in [-0.1, -0.05) is 39.0 Å². The molecule has 0 spiro atoms. The van der Waals surface area contributed by atoms with Gasteiger partial charge in [-0.2, -0.15) is 0 Å². The van der Waals surface area contributed by atoms with Crippen LogP contribution in [-0.4, -0.2) is 37.2 Å². The molecular weight excluding hydrogens is 248 g/mol. The van der Waals surface area contributed by atoms with Crippen molar-refractivity contribution in [3.8, 4) is 5.75 Å². The van der Waals surface area contributed by atoms with Crippen LogP contribution in [-0.2, 0) is 6.54 Å². The molecule has 0 amide bonds. The van der Waals surface area contributed by atoms with Crippen LogP contribution in [0.2, 0.25) is 0 Å². The van der Waals surface area contributed by atoms with Crippen LogP contribution < -0.4 is 10.1 Å². The van der Waals surface area contributed by atoms with Crippen molar-refractivity contribution in [1.82, 2.24) is 10.2 Å². The Morgan fingerprint density at radius 1 is 1.20 bits per heavy atom. The highest BCUT2D eigenvalue weighted by Gasteiger charge is 2.10. The van der Waals surface area contributed by atoms with Crippen molar-refractivity contribution in [2.45, 2.75) is 46.7 Å². The van der Waals surface area contributed by atoms with E-state index in [-0.39, 0.29) is 0 Å². The van der Waals surface area contributed by atoms with Gasteiger partial charge in [0.05, 0.1) is 0 Å². The van der Waals surface area contributed by atoms with Crippen molar-refractivity contribution in [1.29, 1.82) is 0 Å². The highest BCUT2D eigenvalue weighted by molar-refractivity contribution is 5.33. The highest BCUT2D eigenvalue weighted by Crippen LogP contribution is 2.17. The van der Waals surface area contributed by atoms with Gasteiger partial charge in [0, 0.05) is 24.7 Å². The summed E-state index contributed by atoms with van der Waals surface area (Å²) in [5.41, 5.74) is 1.24. The quantitative estimate of drug-likeness (QED) is 0.711. The van der Waals surface area contributed by atoms with E-state index in [1.165, 1.54) is 12.0 Å². The van der Waals surface area contributed by atoms with Crippen LogP contribution in [0.4, 0.5) is 0 Å². The summed E-state index contributed by atoms with van der Waals surface area (Å²) in [6, 6.07) is 8.92. The fourth-order valence-electron chi connectivity index (χ4n) is 2.27. The van der Waals surface area contributed by atoms with Crippen LogP contribution in [0.1, 0.15) is 39.7 Å². The maximum Gasteiger partial charge on any atom is 0.123 e. The summed E-state index contributed by atoms with van der Waals surface area (Å²) in [6.07, 6.45) is 1.19. The SMILES string of the molecule is CCNCc1ccccc1OCCN(CC)C(C)CC. The second kappa shape index (κ2) is 9.78. The summed E-state index contributed by atoms with van der Waals surface area (Å²) < 4.78 is 5.98. The third kappa shape index (κ3) is 5.51. The van der Waals surface area contributed by atoms with E-state index in [0.29, 0.717) is 6.04 Å². The Morgan fingerprint density at radius 2 is 1.95 bits per heavy atom. The van der Waals surface area contributed by atoms with Gasteiger partial charge in [0.2, 0.25) is 0 Å². The average molecular weight is 278 g/mol. The van der Waals surface area contributed by atoms with E-state index >= 15 is 0 Å². The molecule has 1 unspecified atom stereocenters. The predicted molar refractivity (Wildman–Crippen MR) is 86.3 cm³/mol. The second-order valence-corrected chi connectivity index (χ2v) is 5.12. The normalized spacial score (nSPS) is 12.7. The van der Waals surface area contributed by atoms with Crippen molar-refractivity contribution in [2.75, 3.05) is 26.2 Å². The molecular formula is C17H30N2O. The molecule has 3 nitrogen and oxygen atoms in total. The molecule has 0 aliphatic rings. The number of likely N-dealkylation sites (N-methyl/N-ethyl adjacent to an activating group) is 1. The summed E-state index contributed by atoms with van der Waals surface area (Å²) in [5.74, 6) is 1.01. The van der Waals surface area contributed by atoms with Crippen molar-refractivity contribution in [3.63, 3.8) is 0 Å². The van der Waals surface area contributed by atoms with Gasteiger partial charge < -0.3 is 10.1 Å². The number of hydrogen-bond donors (Lipinski definition) is 1. The molecule has 0 bridgehead atoms. The Bertz CT molecular complexity index is 368. The fraction of sp³-hybridized carbons (Fsp3) is 0.647. The predicted octanol–water partition coefficient (Wildman–Crippen LogP) is 3.30. The van der Waals surface area contributed by atoms with Crippen molar-refractivity contribution in [3.05, 3.63) is 29.8 Å². The van der Waals surface area contributed by atoms with Gasteiger partial charge in [0.1, 0.15) is 12.4 Å². The fourth-order valence-corrected chi connectivity index (χ4v) is 2.27. The smallest absolute Gasteiger partial charge is 0.123 e. The van der Waals surface area contributed by atoms with Crippen LogP contribution in [0.15, 0.2) is 24.3 Å². The molecule has 0 aliphatic heterocycles. The van der Waals surface area contributed by atoms with Crippen molar-refractivity contribution < 1.29 is 4.74 Å². The molecule has 0 fully saturated rings. The standard InChI is InChI=1S/C17H30N2O/c1-5-15(4)19(7-3)12-13-20-17-11-9-8-10-16(17)14-18-6-2/h8-11,15,18H,5-7,12-14H2,1-4H3. The zero-order valence-corrected chi connectivity index (χ0v) is 13.5. The van der Waals surface area contributed by atoms with E-state index in [1.54, 1.807) is 0 Å². The molecule has 114 valence electrons. The number of hydrogen-bond acceptors (Lipinski definition) is 3. The van der Waals surface area contributed by atoms with E-state index in [9.17, 15) is 0 Å². The Morgan fingerprint density at radius 3 is 2.60 bits per heavy atom. The van der Waals surface area contributed by atoms with Gasteiger partial charge in [-0.3, -0.25) is 4.90 Å². The minimum atomic E-state index is 0.626. The van der Waals surface area contributed by atoms with Gasteiger partial charge in [0.25, 0.3) is 0 Å². The molecule has 3 heteroatoms. The molecule has 1 aromatic rings. The first-order valence-electron chi connectivity index (χ1n) is 7.88. The number of para-hydroxylation sites is 1. The molecule has 1 atom stereocenters. The maximum atomic E-state index is 5.98. The summed E-state index contributed by atoms with van der Waals surface area (Å²) in [6.45, 7) is 13.5. The van der Waals surface area contributed by atoms with Gasteiger partial charge in [-0.15, -0.1) is 0 Å².